The van der Waals surface area contributed by atoms with Crippen LogP contribution in [0.15, 0.2) is 40.9 Å². The maximum atomic E-state index is 12.7. The highest BCUT2D eigenvalue weighted by atomic mass is 16.6. The van der Waals surface area contributed by atoms with Crippen molar-refractivity contribution in [2.75, 3.05) is 19.6 Å². The number of hydrogen-bond acceptors (Lipinski definition) is 5. The number of carbonyl (C=O) groups is 2. The second-order valence-corrected chi connectivity index (χ2v) is 6.20. The van der Waals surface area contributed by atoms with Gasteiger partial charge in [-0.25, -0.2) is 4.79 Å². The Morgan fingerprint density at radius 3 is 2.88 bits per heavy atom. The zero-order chi connectivity index (χ0) is 16.6. The second-order valence-electron chi connectivity index (χ2n) is 6.20. The van der Waals surface area contributed by atoms with Gasteiger partial charge < -0.3 is 19.5 Å². The average molecular weight is 327 g/mol. The third kappa shape index (κ3) is 2.62. The molecule has 7 nitrogen and oxygen atoms in total. The van der Waals surface area contributed by atoms with Gasteiger partial charge >= 0.3 is 6.09 Å². The standard InChI is InChI=1S/C17H17N3O4/c21-15(13-9-14(24-19-13)12-5-2-1-3-6-12)20-8-4-7-17(11-20)10-18-16(22)23-17/h1-3,5-6,9H,4,7-8,10-11H2,(H,18,22)/t17-/m1/s1. The first-order valence-electron chi connectivity index (χ1n) is 7.94. The summed E-state index contributed by atoms with van der Waals surface area (Å²) in [7, 11) is 0. The summed E-state index contributed by atoms with van der Waals surface area (Å²) >= 11 is 0. The SMILES string of the molecule is O=C1NC[C@@]2(CCCN(C(=O)c3cc(-c4ccccc4)on3)C2)O1. The summed E-state index contributed by atoms with van der Waals surface area (Å²) in [4.78, 5) is 25.7. The Bertz CT molecular complexity index is 773. The number of likely N-dealkylation sites (tertiary alicyclic amines) is 1. The number of aromatic nitrogens is 1. The van der Waals surface area contributed by atoms with Gasteiger partial charge in [-0.05, 0) is 12.8 Å². The number of nitrogens with one attached hydrogen (secondary N) is 1. The molecular weight excluding hydrogens is 310 g/mol. The van der Waals surface area contributed by atoms with E-state index < -0.39 is 11.7 Å². The van der Waals surface area contributed by atoms with E-state index in [1.54, 1.807) is 11.0 Å². The molecule has 1 spiro atoms. The van der Waals surface area contributed by atoms with Crippen molar-refractivity contribution in [1.82, 2.24) is 15.4 Å². The summed E-state index contributed by atoms with van der Waals surface area (Å²) in [5.41, 5.74) is 0.521. The third-order valence-corrected chi connectivity index (χ3v) is 4.48. The summed E-state index contributed by atoms with van der Waals surface area (Å²) in [5, 5.41) is 6.58. The van der Waals surface area contributed by atoms with Gasteiger partial charge in [0.25, 0.3) is 5.91 Å². The maximum Gasteiger partial charge on any atom is 0.407 e. The lowest BCUT2D eigenvalue weighted by atomic mass is 9.93. The van der Waals surface area contributed by atoms with Crippen LogP contribution in [-0.4, -0.2) is 47.3 Å². The van der Waals surface area contributed by atoms with E-state index in [2.05, 4.69) is 10.5 Å². The van der Waals surface area contributed by atoms with Crippen LogP contribution in [0, 0.1) is 0 Å². The monoisotopic (exact) mass is 327 g/mol. The molecular formula is C17H17N3O4. The van der Waals surface area contributed by atoms with Crippen molar-refractivity contribution in [2.24, 2.45) is 0 Å². The van der Waals surface area contributed by atoms with E-state index in [1.807, 2.05) is 30.3 Å². The lowest BCUT2D eigenvalue weighted by Gasteiger charge is -2.37. The Morgan fingerprint density at radius 2 is 2.12 bits per heavy atom. The molecule has 0 saturated carbocycles. The van der Waals surface area contributed by atoms with E-state index in [9.17, 15) is 9.59 Å². The topological polar surface area (TPSA) is 84.7 Å². The number of piperidine rings is 1. The minimum atomic E-state index is -0.614. The molecule has 2 fully saturated rings. The number of carbonyl (C=O) groups excluding carboxylic acids is 2. The lowest BCUT2D eigenvalue weighted by molar-refractivity contribution is -0.00536. The molecule has 2 aromatic rings. The molecule has 0 radical (unpaired) electrons. The normalized spacial score (nSPS) is 23.2. The highest BCUT2D eigenvalue weighted by Crippen LogP contribution is 2.29. The van der Waals surface area contributed by atoms with Gasteiger partial charge in [-0.15, -0.1) is 0 Å². The number of hydrogen-bond donors (Lipinski definition) is 1. The van der Waals surface area contributed by atoms with Crippen molar-refractivity contribution in [1.29, 1.82) is 0 Å². The van der Waals surface area contributed by atoms with Crippen LogP contribution in [0.4, 0.5) is 4.79 Å². The lowest BCUT2D eigenvalue weighted by Crippen LogP contribution is -2.52. The van der Waals surface area contributed by atoms with E-state index in [1.165, 1.54) is 0 Å². The fraction of sp³-hybridized carbons (Fsp3) is 0.353. The van der Waals surface area contributed by atoms with Crippen LogP contribution in [0.2, 0.25) is 0 Å². The van der Waals surface area contributed by atoms with Gasteiger partial charge in [0.1, 0.15) is 5.60 Å². The fourth-order valence-electron chi connectivity index (χ4n) is 3.28. The number of ether oxygens (including phenoxy) is 1. The van der Waals surface area contributed by atoms with Crippen LogP contribution in [-0.2, 0) is 4.74 Å². The van der Waals surface area contributed by atoms with Crippen molar-refractivity contribution >= 4 is 12.0 Å². The van der Waals surface area contributed by atoms with E-state index in [0.29, 0.717) is 25.4 Å². The second kappa shape index (κ2) is 5.67. The van der Waals surface area contributed by atoms with E-state index in [0.717, 1.165) is 18.4 Å². The van der Waals surface area contributed by atoms with Crippen LogP contribution in [0.25, 0.3) is 11.3 Å². The van der Waals surface area contributed by atoms with Crippen LogP contribution in [0.1, 0.15) is 23.3 Å². The van der Waals surface area contributed by atoms with E-state index in [4.69, 9.17) is 9.26 Å². The van der Waals surface area contributed by atoms with Gasteiger partial charge in [0, 0.05) is 18.2 Å². The molecule has 124 valence electrons. The largest absolute Gasteiger partial charge is 0.439 e. The minimum Gasteiger partial charge on any atom is -0.439 e. The van der Waals surface area contributed by atoms with Crippen molar-refractivity contribution in [3.8, 4) is 11.3 Å². The summed E-state index contributed by atoms with van der Waals surface area (Å²) in [6.07, 6.45) is 1.12. The Kier molecular flexibility index (Phi) is 3.48. The quantitative estimate of drug-likeness (QED) is 0.912. The zero-order valence-electron chi connectivity index (χ0n) is 13.0. The number of alkyl carbamates (subject to hydrolysis) is 1. The Morgan fingerprint density at radius 1 is 1.29 bits per heavy atom. The Labute approximate surface area is 138 Å². The molecule has 0 aliphatic carbocycles. The molecule has 2 aliphatic heterocycles. The fourth-order valence-corrected chi connectivity index (χ4v) is 3.28. The molecule has 3 heterocycles. The van der Waals surface area contributed by atoms with Gasteiger partial charge in [0.05, 0.1) is 13.1 Å². The predicted octanol–water partition coefficient (Wildman–Crippen LogP) is 2.06. The molecule has 24 heavy (non-hydrogen) atoms. The summed E-state index contributed by atoms with van der Waals surface area (Å²) in [6.45, 7) is 1.42. The smallest absolute Gasteiger partial charge is 0.407 e. The van der Waals surface area contributed by atoms with Crippen molar-refractivity contribution in [2.45, 2.75) is 18.4 Å². The van der Waals surface area contributed by atoms with E-state index >= 15 is 0 Å². The van der Waals surface area contributed by atoms with Crippen molar-refractivity contribution in [3.05, 3.63) is 42.1 Å². The highest BCUT2D eigenvalue weighted by molar-refractivity contribution is 5.93. The van der Waals surface area contributed by atoms with Crippen molar-refractivity contribution < 1.29 is 18.8 Å². The Hall–Kier alpha value is -2.83. The molecule has 1 atom stereocenters. The molecule has 2 amide bonds. The molecule has 1 N–H and O–H groups in total. The summed E-state index contributed by atoms with van der Waals surface area (Å²) in [5.74, 6) is 0.350. The van der Waals surface area contributed by atoms with Gasteiger partial charge in [0.2, 0.25) is 0 Å². The highest BCUT2D eigenvalue weighted by Gasteiger charge is 2.45. The maximum absolute atomic E-state index is 12.7. The summed E-state index contributed by atoms with van der Waals surface area (Å²) < 4.78 is 10.7. The van der Waals surface area contributed by atoms with Crippen LogP contribution >= 0.6 is 0 Å². The minimum absolute atomic E-state index is 0.206. The Balaban J connectivity index is 1.52. The molecule has 0 bridgehead atoms. The predicted molar refractivity (Wildman–Crippen MR) is 84.3 cm³/mol. The number of amides is 2. The molecule has 4 rings (SSSR count). The van der Waals surface area contributed by atoms with Crippen LogP contribution < -0.4 is 5.32 Å². The van der Waals surface area contributed by atoms with Crippen LogP contribution in [0.3, 0.4) is 0 Å². The average Bonchev–Trinajstić information content (AvgIpc) is 3.23. The molecule has 2 aliphatic rings. The first-order chi connectivity index (χ1) is 11.7. The molecule has 7 heteroatoms. The zero-order valence-corrected chi connectivity index (χ0v) is 13.0. The summed E-state index contributed by atoms with van der Waals surface area (Å²) in [6, 6.07) is 11.2. The number of benzene rings is 1. The molecule has 0 unspecified atom stereocenters. The number of nitrogens with zero attached hydrogens (tertiary/aromatic N) is 2. The van der Waals surface area contributed by atoms with E-state index in [-0.39, 0.29) is 11.6 Å². The van der Waals surface area contributed by atoms with Gasteiger partial charge in [0.15, 0.2) is 11.5 Å². The van der Waals surface area contributed by atoms with Gasteiger partial charge in [-0.3, -0.25) is 4.79 Å². The molecule has 1 aromatic carbocycles. The molecule has 2 saturated heterocycles. The first kappa shape index (κ1) is 14.7. The first-order valence-corrected chi connectivity index (χ1v) is 7.94. The number of rotatable bonds is 2. The van der Waals surface area contributed by atoms with Gasteiger partial charge in [-0.1, -0.05) is 35.5 Å². The van der Waals surface area contributed by atoms with Crippen LogP contribution in [0.5, 0.6) is 0 Å². The molecule has 1 aromatic heterocycles. The van der Waals surface area contributed by atoms with Gasteiger partial charge in [-0.2, -0.15) is 0 Å². The van der Waals surface area contributed by atoms with Crippen molar-refractivity contribution in [3.63, 3.8) is 0 Å². The third-order valence-electron chi connectivity index (χ3n) is 4.48.